The average molecular weight is 219 g/mol. The van der Waals surface area contributed by atoms with Gasteiger partial charge in [0.1, 0.15) is 5.75 Å². The fraction of sp³-hybridized carbons (Fsp3) is 0.538. The number of hydrogen-bond donors (Lipinski definition) is 2. The van der Waals surface area contributed by atoms with Gasteiger partial charge >= 0.3 is 0 Å². The SMILES string of the molecule is Oc1cccc2c1COC21CCCNCC1. The Kier molecular flexibility index (Phi) is 2.37. The molecule has 2 aliphatic rings. The summed E-state index contributed by atoms with van der Waals surface area (Å²) >= 11 is 0. The lowest BCUT2D eigenvalue weighted by Crippen LogP contribution is -2.26. The van der Waals surface area contributed by atoms with Gasteiger partial charge in [0.25, 0.3) is 0 Å². The van der Waals surface area contributed by atoms with Crippen LogP contribution in [0.25, 0.3) is 0 Å². The minimum atomic E-state index is -0.141. The quantitative estimate of drug-likeness (QED) is 0.700. The van der Waals surface area contributed by atoms with Crippen LogP contribution >= 0.6 is 0 Å². The van der Waals surface area contributed by atoms with Gasteiger partial charge in [-0.3, -0.25) is 0 Å². The summed E-state index contributed by atoms with van der Waals surface area (Å²) in [5, 5.41) is 13.2. The van der Waals surface area contributed by atoms with Crippen LogP contribution in [-0.2, 0) is 16.9 Å². The maximum absolute atomic E-state index is 9.82. The Balaban J connectivity index is 2.03. The molecular formula is C13H17NO2. The van der Waals surface area contributed by atoms with Crippen LogP contribution < -0.4 is 5.32 Å². The molecule has 0 bridgehead atoms. The van der Waals surface area contributed by atoms with Gasteiger partial charge in [0.15, 0.2) is 0 Å². The number of benzene rings is 1. The Hall–Kier alpha value is -1.06. The van der Waals surface area contributed by atoms with E-state index in [0.717, 1.165) is 37.9 Å². The van der Waals surface area contributed by atoms with E-state index in [1.807, 2.05) is 6.07 Å². The summed E-state index contributed by atoms with van der Waals surface area (Å²) in [4.78, 5) is 0. The smallest absolute Gasteiger partial charge is 0.121 e. The lowest BCUT2D eigenvalue weighted by atomic mass is 9.86. The molecule has 0 aromatic heterocycles. The molecule has 2 N–H and O–H groups in total. The minimum absolute atomic E-state index is 0.141. The summed E-state index contributed by atoms with van der Waals surface area (Å²) in [5.74, 6) is 0.381. The third-order valence-corrected chi connectivity index (χ3v) is 3.77. The predicted octanol–water partition coefficient (Wildman–Crippen LogP) is 1.89. The number of phenols is 1. The van der Waals surface area contributed by atoms with E-state index in [-0.39, 0.29) is 5.60 Å². The number of ether oxygens (including phenoxy) is 1. The van der Waals surface area contributed by atoms with Crippen LogP contribution in [0, 0.1) is 0 Å². The zero-order valence-electron chi connectivity index (χ0n) is 9.33. The van der Waals surface area contributed by atoms with Crippen molar-refractivity contribution in [1.29, 1.82) is 0 Å². The molecular weight excluding hydrogens is 202 g/mol. The first-order valence-corrected chi connectivity index (χ1v) is 5.98. The fourth-order valence-electron chi connectivity index (χ4n) is 2.89. The van der Waals surface area contributed by atoms with Crippen LogP contribution in [0.1, 0.15) is 30.4 Å². The Bertz CT molecular complexity index is 395. The molecule has 0 radical (unpaired) electrons. The third kappa shape index (κ3) is 1.43. The maximum atomic E-state index is 9.82. The number of phenolic OH excluding ortho intramolecular Hbond substituents is 1. The van der Waals surface area contributed by atoms with E-state index in [9.17, 15) is 5.11 Å². The predicted molar refractivity (Wildman–Crippen MR) is 61.3 cm³/mol. The average Bonchev–Trinajstić information content (AvgIpc) is 2.49. The molecule has 1 saturated heterocycles. The normalized spacial score (nSPS) is 29.0. The lowest BCUT2D eigenvalue weighted by molar-refractivity contribution is -0.0470. The van der Waals surface area contributed by atoms with Crippen LogP contribution in [0.2, 0.25) is 0 Å². The summed E-state index contributed by atoms with van der Waals surface area (Å²) in [7, 11) is 0. The summed E-state index contributed by atoms with van der Waals surface area (Å²) in [6, 6.07) is 5.77. The molecule has 3 nitrogen and oxygen atoms in total. The molecule has 1 atom stereocenters. The zero-order chi connectivity index (χ0) is 11.0. The number of aromatic hydroxyl groups is 1. The molecule has 0 saturated carbocycles. The molecule has 1 aromatic carbocycles. The van der Waals surface area contributed by atoms with Crippen molar-refractivity contribution in [2.75, 3.05) is 13.1 Å². The first-order chi connectivity index (χ1) is 7.82. The molecule has 16 heavy (non-hydrogen) atoms. The van der Waals surface area contributed by atoms with E-state index in [1.165, 1.54) is 5.56 Å². The van der Waals surface area contributed by atoms with Crippen molar-refractivity contribution in [3.8, 4) is 5.75 Å². The molecule has 2 aliphatic heterocycles. The van der Waals surface area contributed by atoms with Crippen molar-refractivity contribution in [1.82, 2.24) is 5.32 Å². The van der Waals surface area contributed by atoms with Gasteiger partial charge in [-0.05, 0) is 44.0 Å². The number of nitrogens with one attached hydrogen (secondary N) is 1. The highest BCUT2D eigenvalue weighted by atomic mass is 16.5. The lowest BCUT2D eigenvalue weighted by Gasteiger charge is -2.27. The van der Waals surface area contributed by atoms with Gasteiger partial charge < -0.3 is 15.2 Å². The van der Waals surface area contributed by atoms with E-state index >= 15 is 0 Å². The molecule has 86 valence electrons. The zero-order valence-corrected chi connectivity index (χ0v) is 9.33. The number of rotatable bonds is 0. The number of hydrogen-bond acceptors (Lipinski definition) is 3. The van der Waals surface area contributed by atoms with Crippen molar-refractivity contribution in [3.63, 3.8) is 0 Å². The summed E-state index contributed by atoms with van der Waals surface area (Å²) in [6.07, 6.45) is 3.19. The van der Waals surface area contributed by atoms with Gasteiger partial charge in [-0.25, -0.2) is 0 Å². The molecule has 2 heterocycles. The topological polar surface area (TPSA) is 41.5 Å². The van der Waals surface area contributed by atoms with Crippen molar-refractivity contribution in [3.05, 3.63) is 29.3 Å². The summed E-state index contributed by atoms with van der Waals surface area (Å²) in [6.45, 7) is 2.62. The van der Waals surface area contributed by atoms with Crippen LogP contribution in [-0.4, -0.2) is 18.2 Å². The van der Waals surface area contributed by atoms with Gasteiger partial charge in [0, 0.05) is 5.56 Å². The van der Waals surface area contributed by atoms with Gasteiger partial charge in [-0.15, -0.1) is 0 Å². The molecule has 0 aliphatic carbocycles. The second kappa shape index (κ2) is 3.75. The monoisotopic (exact) mass is 219 g/mol. The van der Waals surface area contributed by atoms with Crippen LogP contribution in [0.5, 0.6) is 5.75 Å². The van der Waals surface area contributed by atoms with Crippen LogP contribution in [0.3, 0.4) is 0 Å². The van der Waals surface area contributed by atoms with Crippen molar-refractivity contribution < 1.29 is 9.84 Å². The van der Waals surface area contributed by atoms with Crippen LogP contribution in [0.4, 0.5) is 0 Å². The van der Waals surface area contributed by atoms with Gasteiger partial charge in [0.2, 0.25) is 0 Å². The summed E-state index contributed by atoms with van der Waals surface area (Å²) in [5.41, 5.74) is 2.05. The molecule has 0 amide bonds. The fourth-order valence-corrected chi connectivity index (χ4v) is 2.89. The minimum Gasteiger partial charge on any atom is -0.508 e. The van der Waals surface area contributed by atoms with Gasteiger partial charge in [-0.1, -0.05) is 12.1 Å². The van der Waals surface area contributed by atoms with E-state index in [0.29, 0.717) is 12.4 Å². The van der Waals surface area contributed by atoms with Crippen LogP contribution in [0.15, 0.2) is 18.2 Å². The Morgan fingerprint density at radius 2 is 2.19 bits per heavy atom. The Morgan fingerprint density at radius 1 is 1.25 bits per heavy atom. The summed E-state index contributed by atoms with van der Waals surface area (Å²) < 4.78 is 6.01. The maximum Gasteiger partial charge on any atom is 0.121 e. The molecule has 1 unspecified atom stereocenters. The molecule has 1 aromatic rings. The largest absolute Gasteiger partial charge is 0.508 e. The molecule has 1 spiro atoms. The first-order valence-electron chi connectivity index (χ1n) is 5.98. The van der Waals surface area contributed by atoms with Crippen molar-refractivity contribution >= 4 is 0 Å². The Morgan fingerprint density at radius 3 is 3.12 bits per heavy atom. The van der Waals surface area contributed by atoms with Gasteiger partial charge in [-0.2, -0.15) is 0 Å². The highest BCUT2D eigenvalue weighted by Crippen LogP contribution is 2.45. The highest BCUT2D eigenvalue weighted by molar-refractivity contribution is 5.44. The molecule has 3 heteroatoms. The van der Waals surface area contributed by atoms with Crippen molar-refractivity contribution in [2.24, 2.45) is 0 Å². The van der Waals surface area contributed by atoms with Gasteiger partial charge in [0.05, 0.1) is 12.2 Å². The second-order valence-electron chi connectivity index (χ2n) is 4.69. The third-order valence-electron chi connectivity index (χ3n) is 3.77. The number of fused-ring (bicyclic) bond motifs is 2. The molecule has 3 rings (SSSR count). The van der Waals surface area contributed by atoms with E-state index < -0.39 is 0 Å². The molecule has 1 fully saturated rings. The second-order valence-corrected chi connectivity index (χ2v) is 4.69. The first kappa shape index (κ1) is 10.1. The highest BCUT2D eigenvalue weighted by Gasteiger charge is 2.40. The Labute approximate surface area is 95.4 Å². The van der Waals surface area contributed by atoms with E-state index in [1.54, 1.807) is 6.07 Å². The van der Waals surface area contributed by atoms with E-state index in [4.69, 9.17) is 4.74 Å². The van der Waals surface area contributed by atoms with E-state index in [2.05, 4.69) is 11.4 Å². The van der Waals surface area contributed by atoms with Crippen molar-refractivity contribution in [2.45, 2.75) is 31.5 Å². The standard InChI is InChI=1S/C13H17NO2/c15-12-4-1-3-11-10(12)9-16-13(11)5-2-7-14-8-6-13/h1,3-4,14-15H,2,5-9H2.